The molecule has 0 saturated carbocycles. The summed E-state index contributed by atoms with van der Waals surface area (Å²) >= 11 is 0. The molecule has 0 aliphatic heterocycles. The fourth-order valence-corrected chi connectivity index (χ4v) is 3.85. The summed E-state index contributed by atoms with van der Waals surface area (Å²) in [5.41, 5.74) is 1.39. The number of carbonyl (C=O) groups is 1. The first-order valence-electron chi connectivity index (χ1n) is 9.14. The van der Waals surface area contributed by atoms with Crippen LogP contribution in [0.15, 0.2) is 83.8 Å². The Morgan fingerprint density at radius 3 is 2.23 bits per heavy atom. The second kappa shape index (κ2) is 9.41. The molecule has 3 aromatic carbocycles. The first-order chi connectivity index (χ1) is 14.4. The molecule has 0 unspecified atom stereocenters. The Bertz CT molecular complexity index is 1090. The summed E-state index contributed by atoms with van der Waals surface area (Å²) in [5, 5.41) is 2.76. The van der Waals surface area contributed by atoms with Crippen LogP contribution in [-0.2, 0) is 21.4 Å². The number of hydrogen-bond donors (Lipinski definition) is 1. The SMILES string of the molecule is CN(c1ccc(OCC(=O)NCc2ccccc2)cc1)S(=O)(=O)c1ccc(F)cc1. The van der Waals surface area contributed by atoms with Gasteiger partial charge in [-0.05, 0) is 54.1 Å². The van der Waals surface area contributed by atoms with Crippen LogP contribution in [-0.4, -0.2) is 28.0 Å². The molecule has 0 heterocycles. The average molecular weight is 428 g/mol. The van der Waals surface area contributed by atoms with Gasteiger partial charge >= 0.3 is 0 Å². The zero-order valence-electron chi connectivity index (χ0n) is 16.3. The summed E-state index contributed by atoms with van der Waals surface area (Å²) in [6.45, 7) is 0.254. The number of hydrogen-bond acceptors (Lipinski definition) is 4. The third-order valence-corrected chi connectivity index (χ3v) is 6.17. The highest BCUT2D eigenvalue weighted by molar-refractivity contribution is 7.92. The van der Waals surface area contributed by atoms with Crippen molar-refractivity contribution >= 4 is 21.6 Å². The predicted molar refractivity (Wildman–Crippen MR) is 112 cm³/mol. The minimum absolute atomic E-state index is 0.0122. The van der Waals surface area contributed by atoms with E-state index in [1.54, 1.807) is 24.3 Å². The fourth-order valence-electron chi connectivity index (χ4n) is 2.65. The fraction of sp³-hybridized carbons (Fsp3) is 0.136. The van der Waals surface area contributed by atoms with E-state index in [1.807, 2.05) is 30.3 Å². The molecular weight excluding hydrogens is 407 g/mol. The van der Waals surface area contributed by atoms with Gasteiger partial charge in [0.1, 0.15) is 11.6 Å². The van der Waals surface area contributed by atoms with Crippen molar-refractivity contribution in [2.45, 2.75) is 11.4 Å². The third kappa shape index (κ3) is 5.36. The smallest absolute Gasteiger partial charge is 0.264 e. The van der Waals surface area contributed by atoms with E-state index in [9.17, 15) is 17.6 Å². The highest BCUT2D eigenvalue weighted by Gasteiger charge is 2.21. The van der Waals surface area contributed by atoms with Crippen molar-refractivity contribution in [1.29, 1.82) is 0 Å². The molecule has 1 N–H and O–H groups in total. The number of ether oxygens (including phenoxy) is 1. The Morgan fingerprint density at radius 1 is 0.967 bits per heavy atom. The van der Waals surface area contributed by atoms with E-state index >= 15 is 0 Å². The molecule has 1 amide bonds. The van der Waals surface area contributed by atoms with Crippen LogP contribution in [0.3, 0.4) is 0 Å². The van der Waals surface area contributed by atoms with Gasteiger partial charge in [-0.2, -0.15) is 0 Å². The zero-order valence-corrected chi connectivity index (χ0v) is 17.1. The van der Waals surface area contributed by atoms with Crippen molar-refractivity contribution in [3.8, 4) is 5.75 Å². The molecule has 8 heteroatoms. The molecule has 3 aromatic rings. The summed E-state index contributed by atoms with van der Waals surface area (Å²) in [6.07, 6.45) is 0. The first kappa shape index (κ1) is 21.3. The lowest BCUT2D eigenvalue weighted by molar-refractivity contribution is -0.123. The monoisotopic (exact) mass is 428 g/mol. The summed E-state index contributed by atoms with van der Waals surface area (Å²) < 4.78 is 44.9. The number of carbonyl (C=O) groups excluding carboxylic acids is 1. The maximum atomic E-state index is 13.1. The number of anilines is 1. The molecular formula is C22H21FN2O4S. The van der Waals surface area contributed by atoms with Crippen molar-refractivity contribution in [2.24, 2.45) is 0 Å². The van der Waals surface area contributed by atoms with Gasteiger partial charge in [0, 0.05) is 13.6 Å². The molecule has 3 rings (SSSR count). The molecule has 0 aliphatic carbocycles. The highest BCUT2D eigenvalue weighted by Crippen LogP contribution is 2.24. The molecule has 0 aromatic heterocycles. The van der Waals surface area contributed by atoms with Gasteiger partial charge in [0.2, 0.25) is 0 Å². The van der Waals surface area contributed by atoms with Crippen LogP contribution < -0.4 is 14.4 Å². The van der Waals surface area contributed by atoms with E-state index < -0.39 is 15.8 Å². The van der Waals surface area contributed by atoms with Gasteiger partial charge in [0.25, 0.3) is 15.9 Å². The molecule has 0 spiro atoms. The number of benzene rings is 3. The van der Waals surface area contributed by atoms with Gasteiger partial charge < -0.3 is 10.1 Å². The third-order valence-electron chi connectivity index (χ3n) is 4.37. The second-order valence-electron chi connectivity index (χ2n) is 6.47. The van der Waals surface area contributed by atoms with E-state index in [0.29, 0.717) is 18.0 Å². The Morgan fingerprint density at radius 2 is 1.60 bits per heavy atom. The molecule has 30 heavy (non-hydrogen) atoms. The molecule has 0 bridgehead atoms. The van der Waals surface area contributed by atoms with E-state index in [-0.39, 0.29) is 17.4 Å². The van der Waals surface area contributed by atoms with Gasteiger partial charge in [-0.25, -0.2) is 12.8 Å². The normalized spacial score (nSPS) is 11.0. The van der Waals surface area contributed by atoms with Crippen LogP contribution in [0.1, 0.15) is 5.56 Å². The lowest BCUT2D eigenvalue weighted by Crippen LogP contribution is -2.28. The predicted octanol–water partition coefficient (Wildman–Crippen LogP) is 3.35. The number of amides is 1. The molecule has 0 aliphatic rings. The van der Waals surface area contributed by atoms with Gasteiger partial charge in [-0.15, -0.1) is 0 Å². The van der Waals surface area contributed by atoms with Crippen molar-refractivity contribution < 1.29 is 22.3 Å². The van der Waals surface area contributed by atoms with E-state index in [1.165, 1.54) is 19.2 Å². The molecule has 0 fully saturated rings. The van der Waals surface area contributed by atoms with Crippen LogP contribution >= 0.6 is 0 Å². The van der Waals surface area contributed by atoms with Gasteiger partial charge in [0.05, 0.1) is 10.6 Å². The molecule has 0 atom stereocenters. The summed E-state index contributed by atoms with van der Waals surface area (Å²) in [7, 11) is -2.41. The number of nitrogens with one attached hydrogen (secondary N) is 1. The minimum Gasteiger partial charge on any atom is -0.484 e. The Hall–Kier alpha value is -3.39. The lowest BCUT2D eigenvalue weighted by Gasteiger charge is -2.20. The van der Waals surface area contributed by atoms with Crippen molar-refractivity contribution in [1.82, 2.24) is 5.32 Å². The van der Waals surface area contributed by atoms with Crippen molar-refractivity contribution in [3.63, 3.8) is 0 Å². The first-order valence-corrected chi connectivity index (χ1v) is 10.6. The van der Waals surface area contributed by atoms with E-state index in [2.05, 4.69) is 5.32 Å². The quantitative estimate of drug-likeness (QED) is 0.597. The van der Waals surface area contributed by atoms with Crippen LogP contribution in [0, 0.1) is 5.82 Å². The molecule has 156 valence electrons. The Labute approximate surface area is 175 Å². The zero-order chi connectivity index (χ0) is 21.6. The minimum atomic E-state index is -3.82. The maximum absolute atomic E-state index is 13.1. The van der Waals surface area contributed by atoms with Gasteiger partial charge in [-0.3, -0.25) is 9.10 Å². The average Bonchev–Trinajstić information content (AvgIpc) is 2.77. The van der Waals surface area contributed by atoms with Crippen LogP contribution in [0.5, 0.6) is 5.75 Å². The van der Waals surface area contributed by atoms with Crippen LogP contribution in [0.4, 0.5) is 10.1 Å². The van der Waals surface area contributed by atoms with Crippen molar-refractivity contribution in [3.05, 3.63) is 90.2 Å². The Kier molecular flexibility index (Phi) is 6.68. The highest BCUT2D eigenvalue weighted by atomic mass is 32.2. The lowest BCUT2D eigenvalue weighted by atomic mass is 10.2. The number of sulfonamides is 1. The second-order valence-corrected chi connectivity index (χ2v) is 8.44. The van der Waals surface area contributed by atoms with E-state index in [4.69, 9.17) is 4.74 Å². The van der Waals surface area contributed by atoms with Crippen molar-refractivity contribution in [2.75, 3.05) is 18.0 Å². The maximum Gasteiger partial charge on any atom is 0.264 e. The van der Waals surface area contributed by atoms with Gasteiger partial charge in [-0.1, -0.05) is 30.3 Å². The molecule has 0 saturated heterocycles. The number of rotatable bonds is 8. The topological polar surface area (TPSA) is 75.7 Å². The largest absolute Gasteiger partial charge is 0.484 e. The van der Waals surface area contributed by atoms with E-state index in [0.717, 1.165) is 22.0 Å². The summed E-state index contributed by atoms with van der Waals surface area (Å²) in [4.78, 5) is 11.9. The van der Waals surface area contributed by atoms with Crippen LogP contribution in [0.2, 0.25) is 0 Å². The molecule has 6 nitrogen and oxygen atoms in total. The van der Waals surface area contributed by atoms with Gasteiger partial charge in [0.15, 0.2) is 6.61 Å². The molecule has 0 radical (unpaired) electrons. The summed E-state index contributed by atoms with van der Waals surface area (Å²) in [5.74, 6) is -0.342. The number of halogens is 1. The number of nitrogens with zero attached hydrogens (tertiary/aromatic N) is 1. The summed E-state index contributed by atoms with van der Waals surface area (Å²) in [6, 6.07) is 20.4. The Balaban J connectivity index is 1.56. The standard InChI is InChI=1S/C22H21FN2O4S/c1-25(30(27,28)21-13-7-18(23)8-14-21)19-9-11-20(12-10-19)29-16-22(26)24-15-17-5-3-2-4-6-17/h2-14H,15-16H2,1H3,(H,24,26). The van der Waals surface area contributed by atoms with Crippen LogP contribution in [0.25, 0.3) is 0 Å².